The molecule has 100 valence electrons. The van der Waals surface area contributed by atoms with Gasteiger partial charge in [-0.1, -0.05) is 6.07 Å². The van der Waals surface area contributed by atoms with Gasteiger partial charge in [0.05, 0.1) is 13.7 Å². The Balaban J connectivity index is 1.71. The van der Waals surface area contributed by atoms with E-state index in [1.807, 2.05) is 6.07 Å². The molecule has 0 bridgehead atoms. The van der Waals surface area contributed by atoms with E-state index < -0.39 is 0 Å². The van der Waals surface area contributed by atoms with Gasteiger partial charge in [0.15, 0.2) is 11.6 Å². The number of benzene rings is 1. The number of hydrogen-bond acceptors (Lipinski definition) is 3. The van der Waals surface area contributed by atoms with Gasteiger partial charge in [-0.3, -0.25) is 0 Å². The van der Waals surface area contributed by atoms with E-state index in [4.69, 9.17) is 9.47 Å². The van der Waals surface area contributed by atoms with Crippen molar-refractivity contribution in [2.24, 2.45) is 5.92 Å². The summed E-state index contributed by atoms with van der Waals surface area (Å²) >= 11 is 0. The molecule has 1 fully saturated rings. The molecule has 0 radical (unpaired) electrons. The van der Waals surface area contributed by atoms with Gasteiger partial charge in [0.25, 0.3) is 0 Å². The van der Waals surface area contributed by atoms with Crippen molar-refractivity contribution in [2.45, 2.75) is 19.4 Å². The van der Waals surface area contributed by atoms with Crippen molar-refractivity contribution in [3.8, 4) is 5.75 Å². The lowest BCUT2D eigenvalue weighted by Crippen LogP contribution is -2.10. The van der Waals surface area contributed by atoms with Gasteiger partial charge in [0.2, 0.25) is 0 Å². The van der Waals surface area contributed by atoms with Crippen LogP contribution in [0.4, 0.5) is 4.39 Å². The number of halogens is 1. The van der Waals surface area contributed by atoms with Crippen molar-refractivity contribution in [3.63, 3.8) is 0 Å². The van der Waals surface area contributed by atoms with Crippen LogP contribution < -0.4 is 10.1 Å². The van der Waals surface area contributed by atoms with E-state index in [1.165, 1.54) is 19.6 Å². The van der Waals surface area contributed by atoms with E-state index >= 15 is 0 Å². The molecule has 1 heterocycles. The molecule has 1 unspecified atom stereocenters. The summed E-state index contributed by atoms with van der Waals surface area (Å²) in [5.74, 6) is 0.673. The zero-order chi connectivity index (χ0) is 12.8. The first kappa shape index (κ1) is 13.3. The second-order valence-electron chi connectivity index (χ2n) is 4.67. The van der Waals surface area contributed by atoms with E-state index in [-0.39, 0.29) is 11.6 Å². The molecule has 3 nitrogen and oxygen atoms in total. The third kappa shape index (κ3) is 3.68. The number of ether oxygens (including phenoxy) is 2. The standard InChI is InChI=1S/C14H20FNO2/c1-17-14-3-2-12(8-13(14)15)10-18-7-5-11-4-6-16-9-11/h2-3,8,11,16H,4-7,9-10H2,1H3. The maximum atomic E-state index is 13.4. The average Bonchev–Trinajstić information content (AvgIpc) is 2.88. The molecular formula is C14H20FNO2. The summed E-state index contributed by atoms with van der Waals surface area (Å²) in [6.45, 7) is 3.41. The van der Waals surface area contributed by atoms with Crippen molar-refractivity contribution in [3.05, 3.63) is 29.6 Å². The monoisotopic (exact) mass is 253 g/mol. The number of hydrogen-bond donors (Lipinski definition) is 1. The van der Waals surface area contributed by atoms with Gasteiger partial charge in [-0.2, -0.15) is 0 Å². The summed E-state index contributed by atoms with van der Waals surface area (Å²) in [4.78, 5) is 0. The summed E-state index contributed by atoms with van der Waals surface area (Å²) in [6, 6.07) is 4.93. The summed E-state index contributed by atoms with van der Waals surface area (Å²) in [5.41, 5.74) is 0.845. The Labute approximate surface area is 107 Å². The lowest BCUT2D eigenvalue weighted by molar-refractivity contribution is 0.109. The highest BCUT2D eigenvalue weighted by Gasteiger charge is 2.13. The van der Waals surface area contributed by atoms with Gasteiger partial charge in [-0.05, 0) is 49.5 Å². The maximum absolute atomic E-state index is 13.4. The van der Waals surface area contributed by atoms with Crippen LogP contribution in [-0.2, 0) is 11.3 Å². The van der Waals surface area contributed by atoms with Crippen LogP contribution in [0.25, 0.3) is 0 Å². The van der Waals surface area contributed by atoms with Crippen LogP contribution in [0.1, 0.15) is 18.4 Å². The van der Waals surface area contributed by atoms with E-state index in [2.05, 4.69) is 5.32 Å². The van der Waals surface area contributed by atoms with Crippen molar-refractivity contribution in [1.29, 1.82) is 0 Å². The second-order valence-corrected chi connectivity index (χ2v) is 4.67. The fraction of sp³-hybridized carbons (Fsp3) is 0.571. The Morgan fingerprint density at radius 2 is 2.33 bits per heavy atom. The molecule has 4 heteroatoms. The Bertz CT molecular complexity index is 378. The van der Waals surface area contributed by atoms with Gasteiger partial charge in [-0.25, -0.2) is 4.39 Å². The van der Waals surface area contributed by atoms with Gasteiger partial charge in [0, 0.05) is 6.61 Å². The minimum Gasteiger partial charge on any atom is -0.494 e. The normalized spacial score (nSPS) is 19.1. The molecule has 1 saturated heterocycles. The predicted octanol–water partition coefficient (Wildman–Crippen LogP) is 2.35. The predicted molar refractivity (Wildman–Crippen MR) is 68.2 cm³/mol. The van der Waals surface area contributed by atoms with E-state index in [1.54, 1.807) is 6.07 Å². The van der Waals surface area contributed by atoms with Crippen LogP contribution in [-0.4, -0.2) is 26.8 Å². The molecule has 1 aromatic rings. The van der Waals surface area contributed by atoms with Crippen LogP contribution in [0, 0.1) is 11.7 Å². The highest BCUT2D eigenvalue weighted by Crippen LogP contribution is 2.18. The van der Waals surface area contributed by atoms with Crippen molar-refractivity contribution >= 4 is 0 Å². The minimum absolute atomic E-state index is 0.274. The quantitative estimate of drug-likeness (QED) is 0.789. The van der Waals surface area contributed by atoms with Crippen LogP contribution in [0.15, 0.2) is 18.2 Å². The SMILES string of the molecule is COc1ccc(COCCC2CCNC2)cc1F. The molecule has 0 aromatic heterocycles. The first-order chi connectivity index (χ1) is 8.79. The molecule has 0 amide bonds. The topological polar surface area (TPSA) is 30.5 Å². The molecule has 1 aliphatic rings. The molecule has 0 spiro atoms. The number of methoxy groups -OCH3 is 1. The fourth-order valence-corrected chi connectivity index (χ4v) is 2.20. The lowest BCUT2D eigenvalue weighted by Gasteiger charge is -2.09. The molecule has 18 heavy (non-hydrogen) atoms. The zero-order valence-corrected chi connectivity index (χ0v) is 10.7. The van der Waals surface area contributed by atoms with Gasteiger partial charge in [0.1, 0.15) is 0 Å². The summed E-state index contributed by atoms with van der Waals surface area (Å²) in [7, 11) is 1.46. The highest BCUT2D eigenvalue weighted by atomic mass is 19.1. The van der Waals surface area contributed by atoms with Gasteiger partial charge >= 0.3 is 0 Å². The Hall–Kier alpha value is -1.13. The van der Waals surface area contributed by atoms with Crippen LogP contribution in [0.5, 0.6) is 5.75 Å². The Kier molecular flexibility index (Phi) is 4.96. The summed E-state index contributed by atoms with van der Waals surface area (Å²) < 4.78 is 23.9. The smallest absolute Gasteiger partial charge is 0.165 e. The number of nitrogens with one attached hydrogen (secondary N) is 1. The summed E-state index contributed by atoms with van der Waals surface area (Å²) in [6.07, 6.45) is 2.31. The van der Waals surface area contributed by atoms with Crippen molar-refractivity contribution in [2.75, 3.05) is 26.8 Å². The molecule has 1 N–H and O–H groups in total. The minimum atomic E-state index is -0.335. The first-order valence-electron chi connectivity index (χ1n) is 6.40. The van der Waals surface area contributed by atoms with E-state index in [9.17, 15) is 4.39 Å². The lowest BCUT2D eigenvalue weighted by atomic mass is 10.1. The molecule has 1 aliphatic heterocycles. The fourth-order valence-electron chi connectivity index (χ4n) is 2.20. The molecule has 1 aromatic carbocycles. The highest BCUT2D eigenvalue weighted by molar-refractivity contribution is 5.28. The van der Waals surface area contributed by atoms with Crippen molar-refractivity contribution < 1.29 is 13.9 Å². The number of rotatable bonds is 6. The van der Waals surface area contributed by atoms with Crippen LogP contribution in [0.3, 0.4) is 0 Å². The zero-order valence-electron chi connectivity index (χ0n) is 10.7. The Morgan fingerprint density at radius 1 is 1.44 bits per heavy atom. The van der Waals surface area contributed by atoms with Crippen molar-refractivity contribution in [1.82, 2.24) is 5.32 Å². The van der Waals surface area contributed by atoms with Crippen LogP contribution >= 0.6 is 0 Å². The first-order valence-corrected chi connectivity index (χ1v) is 6.40. The van der Waals surface area contributed by atoms with Gasteiger partial charge < -0.3 is 14.8 Å². The third-order valence-electron chi connectivity index (χ3n) is 3.32. The van der Waals surface area contributed by atoms with Crippen LogP contribution in [0.2, 0.25) is 0 Å². The second kappa shape index (κ2) is 6.71. The van der Waals surface area contributed by atoms with E-state index in [0.717, 1.165) is 37.6 Å². The maximum Gasteiger partial charge on any atom is 0.165 e. The molecule has 0 saturated carbocycles. The Morgan fingerprint density at radius 3 is 3.00 bits per heavy atom. The molecular weight excluding hydrogens is 233 g/mol. The molecule has 1 atom stereocenters. The summed E-state index contributed by atoms with van der Waals surface area (Å²) in [5, 5.41) is 3.33. The third-order valence-corrected chi connectivity index (χ3v) is 3.32. The van der Waals surface area contributed by atoms with E-state index in [0.29, 0.717) is 6.61 Å². The molecule has 0 aliphatic carbocycles. The molecule has 2 rings (SSSR count). The average molecular weight is 253 g/mol. The van der Waals surface area contributed by atoms with Gasteiger partial charge in [-0.15, -0.1) is 0 Å². The largest absolute Gasteiger partial charge is 0.494 e.